The number of benzene rings is 1. The predicted molar refractivity (Wildman–Crippen MR) is 79.1 cm³/mol. The number of anilines is 1. The largest absolute Gasteiger partial charge is 0.384 e. The third kappa shape index (κ3) is 2.66. The van der Waals surface area contributed by atoms with Crippen LogP contribution < -0.4 is 5.32 Å². The molecule has 2 heterocycles. The standard InChI is InChI=1S/C16H22N2O2/c1-2-18(10-12-6-8-20-11-12)16(19)14-4-3-13-5-7-17-15(13)9-14/h3-4,9,12,17H,2,5-8,10-11H2,1H3. The molecule has 0 aliphatic carbocycles. The van der Waals surface area contributed by atoms with E-state index in [9.17, 15) is 4.79 Å². The number of ether oxygens (including phenoxy) is 1. The average Bonchev–Trinajstić information content (AvgIpc) is 3.14. The molecule has 0 bridgehead atoms. The lowest BCUT2D eigenvalue weighted by atomic mass is 10.1. The fourth-order valence-corrected chi connectivity index (χ4v) is 3.00. The highest BCUT2D eigenvalue weighted by Crippen LogP contribution is 2.24. The molecule has 1 saturated heterocycles. The molecule has 1 unspecified atom stereocenters. The molecule has 1 aromatic carbocycles. The first-order valence-corrected chi connectivity index (χ1v) is 7.51. The summed E-state index contributed by atoms with van der Waals surface area (Å²) in [6.45, 7) is 6.19. The molecule has 2 aliphatic heterocycles. The lowest BCUT2D eigenvalue weighted by Crippen LogP contribution is -2.35. The molecule has 4 heteroatoms. The Balaban J connectivity index is 1.72. The number of carbonyl (C=O) groups excluding carboxylic acids is 1. The zero-order chi connectivity index (χ0) is 13.9. The van der Waals surface area contributed by atoms with Crippen molar-refractivity contribution in [1.82, 2.24) is 4.90 Å². The highest BCUT2D eigenvalue weighted by molar-refractivity contribution is 5.95. The maximum absolute atomic E-state index is 12.6. The number of hydrogen-bond donors (Lipinski definition) is 1. The van der Waals surface area contributed by atoms with Crippen LogP contribution in [0.25, 0.3) is 0 Å². The minimum Gasteiger partial charge on any atom is -0.384 e. The first kappa shape index (κ1) is 13.4. The molecule has 1 fully saturated rings. The van der Waals surface area contributed by atoms with Crippen LogP contribution in [-0.2, 0) is 11.2 Å². The van der Waals surface area contributed by atoms with Gasteiger partial charge < -0.3 is 15.0 Å². The molecule has 1 amide bonds. The van der Waals surface area contributed by atoms with Gasteiger partial charge in [-0.25, -0.2) is 0 Å². The molecule has 1 aromatic rings. The monoisotopic (exact) mass is 274 g/mol. The number of nitrogens with zero attached hydrogens (tertiary/aromatic N) is 1. The lowest BCUT2D eigenvalue weighted by Gasteiger charge is -2.24. The molecule has 1 N–H and O–H groups in total. The number of nitrogens with one attached hydrogen (secondary N) is 1. The van der Waals surface area contributed by atoms with Crippen molar-refractivity contribution < 1.29 is 9.53 Å². The second-order valence-electron chi connectivity index (χ2n) is 5.62. The van der Waals surface area contributed by atoms with Crippen LogP contribution in [0.15, 0.2) is 18.2 Å². The van der Waals surface area contributed by atoms with Gasteiger partial charge in [0.05, 0.1) is 6.61 Å². The summed E-state index contributed by atoms with van der Waals surface area (Å²) in [6, 6.07) is 6.04. The molecule has 2 aliphatic rings. The zero-order valence-corrected chi connectivity index (χ0v) is 12.0. The summed E-state index contributed by atoms with van der Waals surface area (Å²) in [5.74, 6) is 0.627. The number of amides is 1. The molecule has 3 rings (SSSR count). The van der Waals surface area contributed by atoms with Crippen molar-refractivity contribution in [2.45, 2.75) is 19.8 Å². The van der Waals surface area contributed by atoms with E-state index in [2.05, 4.69) is 11.4 Å². The summed E-state index contributed by atoms with van der Waals surface area (Å²) >= 11 is 0. The van der Waals surface area contributed by atoms with Gasteiger partial charge in [0.2, 0.25) is 0 Å². The minimum atomic E-state index is 0.135. The van der Waals surface area contributed by atoms with Gasteiger partial charge in [-0.2, -0.15) is 0 Å². The molecular formula is C16H22N2O2. The van der Waals surface area contributed by atoms with E-state index in [-0.39, 0.29) is 5.91 Å². The molecule has 20 heavy (non-hydrogen) atoms. The SMILES string of the molecule is CCN(CC1CCOC1)C(=O)c1ccc2c(c1)NCC2. The Labute approximate surface area is 120 Å². The van der Waals surface area contributed by atoms with Crippen molar-refractivity contribution in [3.05, 3.63) is 29.3 Å². The topological polar surface area (TPSA) is 41.6 Å². The maximum Gasteiger partial charge on any atom is 0.253 e. The Morgan fingerprint density at radius 2 is 2.40 bits per heavy atom. The van der Waals surface area contributed by atoms with Crippen LogP contribution in [-0.4, -0.2) is 43.7 Å². The minimum absolute atomic E-state index is 0.135. The predicted octanol–water partition coefficient (Wildman–Crippen LogP) is 2.15. The van der Waals surface area contributed by atoms with Gasteiger partial charge in [0.15, 0.2) is 0 Å². The van der Waals surface area contributed by atoms with Crippen molar-refractivity contribution in [2.75, 3.05) is 38.2 Å². The van der Waals surface area contributed by atoms with E-state index < -0.39 is 0 Å². The summed E-state index contributed by atoms with van der Waals surface area (Å²) in [4.78, 5) is 14.6. The van der Waals surface area contributed by atoms with Gasteiger partial charge in [-0.3, -0.25) is 4.79 Å². The van der Waals surface area contributed by atoms with Crippen molar-refractivity contribution in [3.8, 4) is 0 Å². The zero-order valence-electron chi connectivity index (χ0n) is 12.0. The summed E-state index contributed by atoms with van der Waals surface area (Å²) in [6.07, 6.45) is 2.12. The molecule has 0 spiro atoms. The van der Waals surface area contributed by atoms with Crippen LogP contribution in [0, 0.1) is 5.92 Å². The second-order valence-corrected chi connectivity index (χ2v) is 5.62. The highest BCUT2D eigenvalue weighted by atomic mass is 16.5. The molecule has 0 saturated carbocycles. The Morgan fingerprint density at radius 3 is 3.15 bits per heavy atom. The van der Waals surface area contributed by atoms with Gasteiger partial charge in [-0.05, 0) is 37.5 Å². The highest BCUT2D eigenvalue weighted by Gasteiger charge is 2.23. The van der Waals surface area contributed by atoms with E-state index in [0.29, 0.717) is 5.92 Å². The van der Waals surface area contributed by atoms with E-state index in [1.807, 2.05) is 24.0 Å². The van der Waals surface area contributed by atoms with E-state index >= 15 is 0 Å². The van der Waals surface area contributed by atoms with Gasteiger partial charge in [0.1, 0.15) is 0 Å². The van der Waals surface area contributed by atoms with Crippen molar-refractivity contribution in [1.29, 1.82) is 0 Å². The van der Waals surface area contributed by atoms with E-state index in [1.165, 1.54) is 5.56 Å². The second kappa shape index (κ2) is 5.83. The molecule has 0 aromatic heterocycles. The summed E-state index contributed by atoms with van der Waals surface area (Å²) in [5, 5.41) is 3.33. The Bertz CT molecular complexity index is 495. The van der Waals surface area contributed by atoms with Crippen molar-refractivity contribution in [2.24, 2.45) is 5.92 Å². The molecule has 1 atom stereocenters. The van der Waals surface area contributed by atoms with Gasteiger partial charge in [-0.1, -0.05) is 6.07 Å². The fraction of sp³-hybridized carbons (Fsp3) is 0.562. The van der Waals surface area contributed by atoms with Gasteiger partial charge in [-0.15, -0.1) is 0 Å². The van der Waals surface area contributed by atoms with Crippen molar-refractivity contribution >= 4 is 11.6 Å². The van der Waals surface area contributed by atoms with Crippen LogP contribution >= 0.6 is 0 Å². The van der Waals surface area contributed by atoms with Crippen LogP contribution in [0.4, 0.5) is 5.69 Å². The number of hydrogen-bond acceptors (Lipinski definition) is 3. The van der Waals surface area contributed by atoms with Crippen LogP contribution in [0.1, 0.15) is 29.3 Å². The smallest absolute Gasteiger partial charge is 0.253 e. The Hall–Kier alpha value is -1.55. The van der Waals surface area contributed by atoms with Crippen LogP contribution in [0.5, 0.6) is 0 Å². The maximum atomic E-state index is 12.6. The molecule has 4 nitrogen and oxygen atoms in total. The number of fused-ring (bicyclic) bond motifs is 1. The molecule has 108 valence electrons. The Morgan fingerprint density at radius 1 is 1.50 bits per heavy atom. The first-order valence-electron chi connectivity index (χ1n) is 7.51. The lowest BCUT2D eigenvalue weighted by molar-refractivity contribution is 0.0731. The summed E-state index contributed by atoms with van der Waals surface area (Å²) < 4.78 is 5.40. The van der Waals surface area contributed by atoms with Gasteiger partial charge in [0, 0.05) is 43.4 Å². The third-order valence-electron chi connectivity index (χ3n) is 4.24. The number of carbonyl (C=O) groups is 1. The fourth-order valence-electron chi connectivity index (χ4n) is 3.00. The van der Waals surface area contributed by atoms with Crippen molar-refractivity contribution in [3.63, 3.8) is 0 Å². The molecular weight excluding hydrogens is 252 g/mol. The molecule has 0 radical (unpaired) electrons. The summed E-state index contributed by atoms with van der Waals surface area (Å²) in [5.41, 5.74) is 3.23. The van der Waals surface area contributed by atoms with E-state index in [0.717, 1.165) is 56.9 Å². The van der Waals surface area contributed by atoms with Gasteiger partial charge >= 0.3 is 0 Å². The number of rotatable bonds is 4. The van der Waals surface area contributed by atoms with E-state index in [4.69, 9.17) is 4.74 Å². The van der Waals surface area contributed by atoms with Gasteiger partial charge in [0.25, 0.3) is 5.91 Å². The first-order chi connectivity index (χ1) is 9.78. The van der Waals surface area contributed by atoms with Crippen LogP contribution in [0.3, 0.4) is 0 Å². The average molecular weight is 274 g/mol. The Kier molecular flexibility index (Phi) is 3.92. The third-order valence-corrected chi connectivity index (χ3v) is 4.24. The van der Waals surface area contributed by atoms with Crippen LogP contribution in [0.2, 0.25) is 0 Å². The summed E-state index contributed by atoms with van der Waals surface area (Å²) in [7, 11) is 0. The quantitative estimate of drug-likeness (QED) is 0.914. The normalized spacial score (nSPS) is 20.6. The van der Waals surface area contributed by atoms with E-state index in [1.54, 1.807) is 0 Å².